The molecule has 3 heterocycles. The molecule has 1 aromatic rings. The third-order valence-electron chi connectivity index (χ3n) is 6.17. The minimum absolute atomic E-state index is 0.120. The zero-order valence-corrected chi connectivity index (χ0v) is 19.2. The molecule has 2 saturated heterocycles. The minimum Gasteiger partial charge on any atom is -0.462 e. The number of H-pyrrole nitrogens is 1. The van der Waals surface area contributed by atoms with Gasteiger partial charge in [0.05, 0.1) is 37.1 Å². The minimum atomic E-state index is -0.500. The summed E-state index contributed by atoms with van der Waals surface area (Å²) in [7, 11) is 0. The Balaban J connectivity index is 1.60. The Kier molecular flexibility index (Phi) is 7.68. The van der Waals surface area contributed by atoms with Crippen molar-refractivity contribution in [3.05, 3.63) is 22.5 Å². The van der Waals surface area contributed by atoms with Gasteiger partial charge in [-0.2, -0.15) is 0 Å². The second kappa shape index (κ2) is 10.3. The van der Waals surface area contributed by atoms with Crippen LogP contribution in [0.25, 0.3) is 0 Å². The number of amides is 2. The number of piperazine rings is 1. The number of carbonyl (C=O) groups excluding carboxylic acids is 4. The third kappa shape index (κ3) is 4.86. The van der Waals surface area contributed by atoms with E-state index < -0.39 is 23.8 Å². The van der Waals surface area contributed by atoms with Crippen molar-refractivity contribution in [2.45, 2.75) is 33.7 Å². The molecule has 2 aliphatic rings. The van der Waals surface area contributed by atoms with Crippen molar-refractivity contribution in [1.82, 2.24) is 19.7 Å². The summed E-state index contributed by atoms with van der Waals surface area (Å²) in [6, 6.07) is -0.436. The van der Waals surface area contributed by atoms with Gasteiger partial charge in [0.1, 0.15) is 0 Å². The summed E-state index contributed by atoms with van der Waals surface area (Å²) in [5.74, 6) is -1.55. The molecule has 32 heavy (non-hydrogen) atoms. The van der Waals surface area contributed by atoms with Crippen LogP contribution in [0.5, 0.6) is 0 Å². The highest BCUT2D eigenvalue weighted by Gasteiger charge is 2.34. The summed E-state index contributed by atoms with van der Waals surface area (Å²) >= 11 is 0. The number of esters is 1. The van der Waals surface area contributed by atoms with Gasteiger partial charge < -0.3 is 24.3 Å². The van der Waals surface area contributed by atoms with Crippen LogP contribution in [-0.2, 0) is 19.1 Å². The van der Waals surface area contributed by atoms with Crippen LogP contribution in [0.4, 0.5) is 0 Å². The normalized spacial score (nSPS) is 18.4. The molecule has 176 valence electrons. The molecule has 3 rings (SSSR count). The Morgan fingerprint density at radius 3 is 2.09 bits per heavy atom. The lowest BCUT2D eigenvalue weighted by atomic mass is 10.0. The Hall–Kier alpha value is -2.72. The number of hydrogen-bond acceptors (Lipinski definition) is 7. The number of nitrogens with zero attached hydrogens (tertiary/aromatic N) is 3. The van der Waals surface area contributed by atoms with Crippen LogP contribution < -0.4 is 0 Å². The van der Waals surface area contributed by atoms with E-state index in [1.807, 2.05) is 11.8 Å². The van der Waals surface area contributed by atoms with Crippen LogP contribution in [0.3, 0.4) is 0 Å². The number of Topliss-reactive ketones (excluding diaryl/α,β-unsaturated/α-hetero) is 1. The van der Waals surface area contributed by atoms with Gasteiger partial charge in [0.15, 0.2) is 5.78 Å². The molecule has 0 unspecified atom stereocenters. The molecule has 0 radical (unpaired) electrons. The number of aromatic nitrogens is 1. The van der Waals surface area contributed by atoms with Crippen LogP contribution in [0.15, 0.2) is 0 Å². The van der Waals surface area contributed by atoms with Crippen LogP contribution in [0, 0.1) is 13.8 Å². The fourth-order valence-electron chi connectivity index (χ4n) is 4.23. The second-order valence-electron chi connectivity index (χ2n) is 8.12. The molecule has 10 nitrogen and oxygen atoms in total. The Morgan fingerprint density at radius 2 is 1.53 bits per heavy atom. The number of aromatic amines is 1. The molecular weight excluding hydrogens is 416 g/mol. The summed E-state index contributed by atoms with van der Waals surface area (Å²) in [6.45, 7) is 10.8. The largest absolute Gasteiger partial charge is 0.462 e. The van der Waals surface area contributed by atoms with E-state index in [4.69, 9.17) is 9.47 Å². The number of morpholine rings is 1. The molecule has 2 fully saturated rings. The first-order valence-corrected chi connectivity index (χ1v) is 11.1. The van der Waals surface area contributed by atoms with Crippen LogP contribution in [0.2, 0.25) is 0 Å². The van der Waals surface area contributed by atoms with E-state index in [9.17, 15) is 19.2 Å². The summed E-state index contributed by atoms with van der Waals surface area (Å²) in [4.78, 5) is 58.5. The van der Waals surface area contributed by atoms with Gasteiger partial charge in [-0.05, 0) is 33.3 Å². The van der Waals surface area contributed by atoms with Crippen molar-refractivity contribution in [3.63, 3.8) is 0 Å². The van der Waals surface area contributed by atoms with E-state index in [1.54, 1.807) is 25.7 Å². The average Bonchev–Trinajstić information content (AvgIpc) is 3.11. The van der Waals surface area contributed by atoms with Crippen LogP contribution >= 0.6 is 0 Å². The van der Waals surface area contributed by atoms with Gasteiger partial charge in [-0.1, -0.05) is 0 Å². The molecular formula is C22H32N4O6. The molecule has 0 saturated carbocycles. The van der Waals surface area contributed by atoms with Crippen molar-refractivity contribution >= 4 is 23.6 Å². The van der Waals surface area contributed by atoms with E-state index in [0.717, 1.165) is 0 Å². The van der Waals surface area contributed by atoms with E-state index in [0.29, 0.717) is 75.0 Å². The molecule has 0 bridgehead atoms. The van der Waals surface area contributed by atoms with Crippen LogP contribution in [-0.4, -0.2) is 108 Å². The molecule has 2 aliphatic heterocycles. The zero-order valence-electron chi connectivity index (χ0n) is 19.2. The van der Waals surface area contributed by atoms with Gasteiger partial charge in [0.25, 0.3) is 0 Å². The van der Waals surface area contributed by atoms with Gasteiger partial charge in [0.2, 0.25) is 0 Å². The number of carbonyl (C=O) groups is 4. The number of rotatable bonds is 5. The van der Waals surface area contributed by atoms with Gasteiger partial charge in [-0.15, -0.1) is 0 Å². The number of ether oxygens (including phenoxy) is 2. The molecule has 1 N–H and O–H groups in total. The Bertz CT molecular complexity index is 881. The quantitative estimate of drug-likeness (QED) is 0.394. The fourth-order valence-corrected chi connectivity index (χ4v) is 4.23. The summed E-state index contributed by atoms with van der Waals surface area (Å²) in [6.07, 6.45) is 0. The van der Waals surface area contributed by atoms with Crippen molar-refractivity contribution in [3.8, 4) is 0 Å². The van der Waals surface area contributed by atoms with Gasteiger partial charge in [0, 0.05) is 45.0 Å². The van der Waals surface area contributed by atoms with Crippen LogP contribution in [0.1, 0.15) is 46.0 Å². The van der Waals surface area contributed by atoms with Gasteiger partial charge in [-0.25, -0.2) is 4.79 Å². The number of nitrogens with one attached hydrogen (secondary N) is 1. The van der Waals surface area contributed by atoms with E-state index in [2.05, 4.69) is 4.98 Å². The maximum Gasteiger partial charge on any atom is 0.340 e. The highest BCUT2D eigenvalue weighted by molar-refractivity contribution is 6.34. The molecule has 0 aliphatic carbocycles. The van der Waals surface area contributed by atoms with E-state index in [-0.39, 0.29) is 12.4 Å². The van der Waals surface area contributed by atoms with E-state index in [1.165, 1.54) is 4.90 Å². The predicted octanol–water partition coefficient (Wildman–Crippen LogP) is 0.382. The second-order valence-corrected chi connectivity index (χ2v) is 8.12. The summed E-state index contributed by atoms with van der Waals surface area (Å²) < 4.78 is 10.3. The number of hydrogen-bond donors (Lipinski definition) is 1. The molecule has 10 heteroatoms. The Morgan fingerprint density at radius 1 is 0.969 bits per heavy atom. The molecule has 2 amide bonds. The zero-order chi connectivity index (χ0) is 23.4. The van der Waals surface area contributed by atoms with Gasteiger partial charge >= 0.3 is 17.8 Å². The highest BCUT2D eigenvalue weighted by Crippen LogP contribution is 2.22. The van der Waals surface area contributed by atoms with E-state index >= 15 is 0 Å². The first-order valence-electron chi connectivity index (χ1n) is 11.1. The predicted molar refractivity (Wildman–Crippen MR) is 116 cm³/mol. The van der Waals surface area contributed by atoms with Crippen molar-refractivity contribution in [2.24, 2.45) is 0 Å². The first-order chi connectivity index (χ1) is 15.3. The SMILES string of the molecule is CCOC(=O)c1c(C)[nH]c(C(=O)[C@@H](C)N2CCN(C(=O)C(=O)N3CCOCC3)CC2)c1C. The third-order valence-corrected chi connectivity index (χ3v) is 6.17. The lowest BCUT2D eigenvalue weighted by molar-refractivity contribution is -0.155. The lowest BCUT2D eigenvalue weighted by Crippen LogP contribution is -2.56. The van der Waals surface area contributed by atoms with Gasteiger partial charge in [-0.3, -0.25) is 19.3 Å². The molecule has 1 atom stereocenters. The van der Waals surface area contributed by atoms with Crippen molar-refractivity contribution in [2.75, 3.05) is 59.1 Å². The maximum atomic E-state index is 13.2. The average molecular weight is 449 g/mol. The smallest absolute Gasteiger partial charge is 0.340 e. The first kappa shape index (κ1) is 23.9. The maximum absolute atomic E-state index is 13.2. The number of aryl methyl sites for hydroxylation is 1. The lowest BCUT2D eigenvalue weighted by Gasteiger charge is -2.38. The van der Waals surface area contributed by atoms with Crippen molar-refractivity contribution < 1.29 is 28.7 Å². The van der Waals surface area contributed by atoms with Crippen molar-refractivity contribution in [1.29, 1.82) is 0 Å². The molecule has 0 aromatic carbocycles. The number of ketones is 1. The Labute approximate surface area is 187 Å². The monoisotopic (exact) mass is 448 g/mol. The topological polar surface area (TPSA) is 112 Å². The summed E-state index contributed by atoms with van der Waals surface area (Å²) in [5.41, 5.74) is 2.00. The highest BCUT2D eigenvalue weighted by atomic mass is 16.5. The molecule has 0 spiro atoms. The standard InChI is InChI=1S/C22H32N4O6/c1-5-32-22(30)17-14(2)18(23-15(17)3)19(27)16(4)24-6-8-25(9-7-24)20(28)21(29)26-10-12-31-13-11-26/h16,23H,5-13H2,1-4H3/t16-/m1/s1. The summed E-state index contributed by atoms with van der Waals surface area (Å²) in [5, 5.41) is 0. The molecule has 1 aromatic heterocycles. The fraction of sp³-hybridized carbons (Fsp3) is 0.636.